The van der Waals surface area contributed by atoms with Gasteiger partial charge in [0, 0.05) is 47.7 Å². The molecule has 0 spiro atoms. The number of benzene rings is 7. The van der Waals surface area contributed by atoms with Crippen LogP contribution in [0, 0.1) is 0 Å². The van der Waals surface area contributed by atoms with Crippen LogP contribution in [0.15, 0.2) is 152 Å². The second kappa shape index (κ2) is 11.6. The molecule has 4 heteroatoms. The molecule has 7 aromatic carbocycles. The van der Waals surface area contributed by atoms with E-state index >= 15 is 0 Å². The van der Waals surface area contributed by atoms with Crippen molar-refractivity contribution in [2.75, 3.05) is 0 Å². The maximum Gasteiger partial charge on any atom is 0.165 e. The molecule has 2 aliphatic rings. The average molecular weight is 724 g/mol. The van der Waals surface area contributed by atoms with Crippen LogP contribution in [0.3, 0.4) is 0 Å². The molecule has 262 valence electrons. The van der Waals surface area contributed by atoms with Crippen LogP contribution in [-0.2, 0) is 10.8 Å². The summed E-state index contributed by atoms with van der Waals surface area (Å²) in [6, 6.07) is 54.9. The first-order valence-electron chi connectivity index (χ1n) is 19.0. The van der Waals surface area contributed by atoms with Gasteiger partial charge in [-0.2, -0.15) is 0 Å². The zero-order valence-electron chi connectivity index (χ0n) is 31.2. The molecule has 0 radical (unpaired) electrons. The van der Waals surface area contributed by atoms with E-state index in [1.165, 1.54) is 75.8 Å². The van der Waals surface area contributed by atoms with E-state index in [4.69, 9.17) is 15.0 Å². The molecule has 3 nitrogen and oxygen atoms in total. The quantitative estimate of drug-likeness (QED) is 0.181. The molecule has 0 saturated heterocycles. The lowest BCUT2D eigenvalue weighted by Gasteiger charge is -2.24. The van der Waals surface area contributed by atoms with Gasteiger partial charge < -0.3 is 0 Å². The number of hydrogen-bond donors (Lipinski definition) is 0. The Hall–Kier alpha value is -6.23. The maximum atomic E-state index is 5.07. The lowest BCUT2D eigenvalue weighted by Crippen LogP contribution is -2.16. The van der Waals surface area contributed by atoms with E-state index in [1.54, 1.807) is 11.3 Å². The van der Waals surface area contributed by atoms with Crippen LogP contribution in [0.5, 0.6) is 0 Å². The summed E-state index contributed by atoms with van der Waals surface area (Å²) in [7, 11) is 0. The highest BCUT2D eigenvalue weighted by Crippen LogP contribution is 2.56. The van der Waals surface area contributed by atoms with E-state index in [1.807, 2.05) is 36.4 Å². The van der Waals surface area contributed by atoms with Gasteiger partial charge in [-0.3, -0.25) is 0 Å². The van der Waals surface area contributed by atoms with Crippen LogP contribution < -0.4 is 0 Å². The fourth-order valence-electron chi connectivity index (χ4n) is 9.21. The minimum absolute atomic E-state index is 0.0388. The van der Waals surface area contributed by atoms with Crippen LogP contribution in [0.1, 0.15) is 49.9 Å². The van der Waals surface area contributed by atoms with Crippen LogP contribution >= 0.6 is 11.3 Å². The Kier molecular flexibility index (Phi) is 6.82. The Bertz CT molecular complexity index is 2970. The Morgan fingerprint density at radius 1 is 0.364 bits per heavy atom. The van der Waals surface area contributed by atoms with Crippen molar-refractivity contribution in [1.82, 2.24) is 15.0 Å². The monoisotopic (exact) mass is 723 g/mol. The Morgan fingerprint density at radius 3 is 1.58 bits per heavy atom. The van der Waals surface area contributed by atoms with Crippen molar-refractivity contribution in [3.05, 3.63) is 174 Å². The predicted octanol–water partition coefficient (Wildman–Crippen LogP) is 13.5. The lowest BCUT2D eigenvalue weighted by molar-refractivity contribution is 0.652. The van der Waals surface area contributed by atoms with Crippen LogP contribution in [-0.4, -0.2) is 15.0 Å². The first-order chi connectivity index (χ1) is 26.8. The highest BCUT2D eigenvalue weighted by molar-refractivity contribution is 7.26. The first-order valence-corrected chi connectivity index (χ1v) is 19.8. The normalized spacial score (nSPS) is 14.5. The third-order valence-electron chi connectivity index (χ3n) is 12.1. The van der Waals surface area contributed by atoms with Crippen LogP contribution in [0.2, 0.25) is 0 Å². The minimum atomic E-state index is -0.0837. The predicted molar refractivity (Wildman–Crippen MR) is 230 cm³/mol. The lowest BCUT2D eigenvalue weighted by atomic mass is 9.79. The molecule has 55 heavy (non-hydrogen) atoms. The van der Waals surface area contributed by atoms with Crippen molar-refractivity contribution in [3.63, 3.8) is 0 Å². The summed E-state index contributed by atoms with van der Waals surface area (Å²) in [4.78, 5) is 15.1. The highest BCUT2D eigenvalue weighted by Gasteiger charge is 2.41. The zero-order valence-corrected chi connectivity index (χ0v) is 32.0. The SMILES string of the molecule is CC1(C)c2ccccc2-c2cc3c(cc21)-c1cc(-c2ccc4sc5c(-c6nc(-c7ccccc7)nc(-c7ccccc7)n6)cccc5c4c2)ccc1C3(C)C. The molecular formula is C51H37N3S. The molecular weight excluding hydrogens is 687 g/mol. The summed E-state index contributed by atoms with van der Waals surface area (Å²) in [6.45, 7) is 9.51. The van der Waals surface area contributed by atoms with Gasteiger partial charge in [0.15, 0.2) is 17.5 Å². The maximum absolute atomic E-state index is 5.07. The largest absolute Gasteiger partial charge is 0.208 e. The van der Waals surface area contributed by atoms with E-state index < -0.39 is 0 Å². The van der Waals surface area contributed by atoms with Crippen molar-refractivity contribution >= 4 is 31.5 Å². The second-order valence-electron chi connectivity index (χ2n) is 16.0. The third-order valence-corrected chi connectivity index (χ3v) is 13.4. The number of thiophene rings is 1. The van der Waals surface area contributed by atoms with Crippen molar-refractivity contribution < 1.29 is 0 Å². The van der Waals surface area contributed by atoms with Gasteiger partial charge >= 0.3 is 0 Å². The Labute approximate surface area is 325 Å². The van der Waals surface area contributed by atoms with E-state index in [-0.39, 0.29) is 10.8 Å². The number of nitrogens with zero attached hydrogens (tertiary/aromatic N) is 3. The molecule has 9 aromatic rings. The molecule has 0 fully saturated rings. The topological polar surface area (TPSA) is 38.7 Å². The van der Waals surface area contributed by atoms with Gasteiger partial charge in [0.2, 0.25) is 0 Å². The van der Waals surface area contributed by atoms with Crippen molar-refractivity contribution in [3.8, 4) is 67.5 Å². The highest BCUT2D eigenvalue weighted by atomic mass is 32.1. The summed E-state index contributed by atoms with van der Waals surface area (Å²) < 4.78 is 2.43. The zero-order chi connectivity index (χ0) is 37.1. The Morgan fingerprint density at radius 2 is 0.891 bits per heavy atom. The van der Waals surface area contributed by atoms with E-state index in [0.29, 0.717) is 17.5 Å². The standard InChI is InChI=1S/C51H37N3S/c1-50(2)41-21-12-11-18-34(41)38-28-44-39(29-43(38)50)37-26-32(22-24-42(37)51(44,3)4)33-23-25-45-40(27-33)35-19-13-20-36(46(35)55-45)49-53-47(30-14-7-5-8-15-30)52-48(54-49)31-16-9-6-10-17-31/h5-29H,1-4H3. The molecule has 0 N–H and O–H groups in total. The summed E-state index contributed by atoms with van der Waals surface area (Å²) in [5.41, 5.74) is 16.4. The van der Waals surface area contributed by atoms with Gasteiger partial charge in [0.05, 0.1) is 0 Å². The van der Waals surface area contributed by atoms with E-state index in [2.05, 4.69) is 143 Å². The Balaban J connectivity index is 1.03. The van der Waals surface area contributed by atoms with Crippen LogP contribution in [0.25, 0.3) is 87.7 Å². The first kappa shape index (κ1) is 32.2. The van der Waals surface area contributed by atoms with Crippen molar-refractivity contribution in [1.29, 1.82) is 0 Å². The molecule has 0 atom stereocenters. The van der Waals surface area contributed by atoms with Gasteiger partial charge in [0.1, 0.15) is 0 Å². The molecule has 0 aliphatic heterocycles. The fourth-order valence-corrected chi connectivity index (χ4v) is 10.4. The van der Waals surface area contributed by atoms with Crippen molar-refractivity contribution in [2.45, 2.75) is 38.5 Å². The molecule has 0 bridgehead atoms. The van der Waals surface area contributed by atoms with E-state index in [0.717, 1.165) is 16.7 Å². The van der Waals surface area contributed by atoms with Gasteiger partial charge in [-0.1, -0.05) is 143 Å². The molecule has 0 saturated carbocycles. The molecule has 2 aromatic heterocycles. The number of aromatic nitrogens is 3. The van der Waals surface area contributed by atoms with Crippen LogP contribution in [0.4, 0.5) is 0 Å². The summed E-state index contributed by atoms with van der Waals surface area (Å²) >= 11 is 1.81. The second-order valence-corrected chi connectivity index (χ2v) is 17.1. The average Bonchev–Trinajstić information content (AvgIpc) is 3.79. The summed E-state index contributed by atoms with van der Waals surface area (Å²) in [5, 5.41) is 2.46. The number of fused-ring (bicyclic) bond motifs is 9. The third kappa shape index (κ3) is 4.77. The van der Waals surface area contributed by atoms with Gasteiger partial charge in [-0.05, 0) is 92.0 Å². The fraction of sp³-hybridized carbons (Fsp3) is 0.118. The molecule has 0 unspecified atom stereocenters. The number of hydrogen-bond acceptors (Lipinski definition) is 4. The summed E-state index contributed by atoms with van der Waals surface area (Å²) in [5.74, 6) is 2.02. The van der Waals surface area contributed by atoms with Crippen molar-refractivity contribution in [2.24, 2.45) is 0 Å². The molecule has 11 rings (SSSR count). The smallest absolute Gasteiger partial charge is 0.165 e. The summed E-state index contributed by atoms with van der Waals surface area (Å²) in [6.07, 6.45) is 0. The van der Waals surface area contributed by atoms with Gasteiger partial charge in [0.25, 0.3) is 0 Å². The molecule has 2 heterocycles. The number of rotatable bonds is 4. The minimum Gasteiger partial charge on any atom is -0.208 e. The molecule has 0 amide bonds. The van der Waals surface area contributed by atoms with Gasteiger partial charge in [-0.15, -0.1) is 11.3 Å². The molecule has 2 aliphatic carbocycles. The van der Waals surface area contributed by atoms with E-state index in [9.17, 15) is 0 Å². The van der Waals surface area contributed by atoms with Gasteiger partial charge in [-0.25, -0.2) is 15.0 Å².